The Balaban J connectivity index is 2.38. The lowest BCUT2D eigenvalue weighted by Gasteiger charge is -2.03. The molecule has 0 spiro atoms. The van der Waals surface area contributed by atoms with Crippen molar-refractivity contribution < 1.29 is 9.90 Å². The standard InChI is InChI=1S/C9H10N4O2/c1-13-7-2-3-10-9(6(7)4-12-13)11-5-8(14)15/h2-4H,5H2,1H3,(H,10,11)(H,14,15). The molecule has 0 saturated carbocycles. The number of fused-ring (bicyclic) bond motifs is 1. The van der Waals surface area contributed by atoms with Crippen molar-refractivity contribution in [3.8, 4) is 0 Å². The first-order valence-electron chi connectivity index (χ1n) is 4.41. The molecular weight excluding hydrogens is 196 g/mol. The fourth-order valence-electron chi connectivity index (χ4n) is 1.38. The van der Waals surface area contributed by atoms with E-state index in [1.165, 1.54) is 0 Å². The third kappa shape index (κ3) is 1.74. The van der Waals surface area contributed by atoms with Gasteiger partial charge in [-0.25, -0.2) is 4.98 Å². The Morgan fingerprint density at radius 2 is 2.47 bits per heavy atom. The first-order chi connectivity index (χ1) is 7.18. The lowest BCUT2D eigenvalue weighted by molar-refractivity contribution is -0.134. The highest BCUT2D eigenvalue weighted by Crippen LogP contribution is 2.19. The molecule has 0 aliphatic carbocycles. The molecule has 2 aromatic rings. The van der Waals surface area contributed by atoms with E-state index in [0.29, 0.717) is 5.82 Å². The maximum Gasteiger partial charge on any atom is 0.322 e. The monoisotopic (exact) mass is 206 g/mol. The van der Waals surface area contributed by atoms with Crippen molar-refractivity contribution in [3.05, 3.63) is 18.5 Å². The van der Waals surface area contributed by atoms with Gasteiger partial charge in [0.1, 0.15) is 12.4 Å². The number of pyridine rings is 1. The van der Waals surface area contributed by atoms with E-state index in [1.807, 2.05) is 13.1 Å². The van der Waals surface area contributed by atoms with E-state index in [9.17, 15) is 4.79 Å². The summed E-state index contributed by atoms with van der Waals surface area (Å²) in [5, 5.41) is 16.2. The fraction of sp³-hybridized carbons (Fsp3) is 0.222. The van der Waals surface area contributed by atoms with Crippen molar-refractivity contribution in [1.29, 1.82) is 0 Å². The van der Waals surface area contributed by atoms with Crippen LogP contribution in [0, 0.1) is 0 Å². The number of aromatic nitrogens is 3. The van der Waals surface area contributed by atoms with Gasteiger partial charge in [0.05, 0.1) is 17.1 Å². The van der Waals surface area contributed by atoms with Gasteiger partial charge in [-0.05, 0) is 6.07 Å². The lowest BCUT2D eigenvalue weighted by Crippen LogP contribution is -2.13. The summed E-state index contributed by atoms with van der Waals surface area (Å²) in [7, 11) is 1.82. The fourth-order valence-corrected chi connectivity index (χ4v) is 1.38. The zero-order valence-electron chi connectivity index (χ0n) is 8.14. The van der Waals surface area contributed by atoms with E-state index in [4.69, 9.17) is 5.11 Å². The average Bonchev–Trinajstić information content (AvgIpc) is 2.58. The Morgan fingerprint density at radius 3 is 3.20 bits per heavy atom. The summed E-state index contributed by atoms with van der Waals surface area (Å²) >= 11 is 0. The second-order valence-electron chi connectivity index (χ2n) is 3.11. The van der Waals surface area contributed by atoms with Crippen molar-refractivity contribution in [1.82, 2.24) is 14.8 Å². The maximum absolute atomic E-state index is 10.4. The molecule has 0 bridgehead atoms. The van der Waals surface area contributed by atoms with Crippen molar-refractivity contribution in [2.45, 2.75) is 0 Å². The molecule has 0 aromatic carbocycles. The number of carboxylic acid groups (broad SMARTS) is 1. The molecule has 0 unspecified atom stereocenters. The molecule has 78 valence electrons. The predicted molar refractivity (Wildman–Crippen MR) is 54.6 cm³/mol. The Hall–Kier alpha value is -2.11. The second kappa shape index (κ2) is 3.56. The molecule has 0 radical (unpaired) electrons. The normalized spacial score (nSPS) is 10.5. The number of hydrogen-bond donors (Lipinski definition) is 2. The summed E-state index contributed by atoms with van der Waals surface area (Å²) in [6, 6.07) is 1.83. The van der Waals surface area contributed by atoms with Crippen LogP contribution < -0.4 is 5.32 Å². The van der Waals surface area contributed by atoms with Crippen molar-refractivity contribution in [3.63, 3.8) is 0 Å². The van der Waals surface area contributed by atoms with Crippen molar-refractivity contribution in [2.24, 2.45) is 7.05 Å². The summed E-state index contributed by atoms with van der Waals surface area (Å²) < 4.78 is 1.71. The van der Waals surface area contributed by atoms with Crippen LogP contribution in [-0.2, 0) is 11.8 Å². The summed E-state index contributed by atoms with van der Waals surface area (Å²) in [4.78, 5) is 14.5. The number of carbonyl (C=O) groups is 1. The van der Waals surface area contributed by atoms with Crippen LogP contribution in [-0.4, -0.2) is 32.4 Å². The highest BCUT2D eigenvalue weighted by Gasteiger charge is 2.06. The number of carboxylic acids is 1. The molecule has 2 N–H and O–H groups in total. The van der Waals surface area contributed by atoms with E-state index >= 15 is 0 Å². The largest absolute Gasteiger partial charge is 0.480 e. The smallest absolute Gasteiger partial charge is 0.322 e. The molecule has 0 fully saturated rings. The van der Waals surface area contributed by atoms with E-state index in [1.54, 1.807) is 17.1 Å². The molecule has 2 aromatic heterocycles. The minimum absolute atomic E-state index is 0.152. The van der Waals surface area contributed by atoms with E-state index in [-0.39, 0.29) is 6.54 Å². The van der Waals surface area contributed by atoms with Gasteiger partial charge in [-0.2, -0.15) is 5.10 Å². The van der Waals surface area contributed by atoms with Gasteiger partial charge in [-0.15, -0.1) is 0 Å². The highest BCUT2D eigenvalue weighted by molar-refractivity contribution is 5.90. The van der Waals surface area contributed by atoms with Crippen LogP contribution in [0.3, 0.4) is 0 Å². The molecule has 15 heavy (non-hydrogen) atoms. The summed E-state index contributed by atoms with van der Waals surface area (Å²) in [6.45, 7) is -0.152. The zero-order valence-corrected chi connectivity index (χ0v) is 8.14. The predicted octanol–water partition coefficient (Wildman–Crippen LogP) is 0.465. The van der Waals surface area contributed by atoms with Crippen molar-refractivity contribution >= 4 is 22.7 Å². The number of aryl methyl sites for hydroxylation is 1. The Bertz CT molecular complexity index is 506. The Labute approximate surface area is 85.5 Å². The summed E-state index contributed by atoms with van der Waals surface area (Å²) in [5.74, 6) is -0.374. The van der Waals surface area contributed by atoms with Crippen LogP contribution in [0.2, 0.25) is 0 Å². The molecule has 0 amide bonds. The van der Waals surface area contributed by atoms with Gasteiger partial charge in [-0.3, -0.25) is 9.48 Å². The molecule has 6 nitrogen and oxygen atoms in total. The molecule has 0 atom stereocenters. The topological polar surface area (TPSA) is 80.0 Å². The molecular formula is C9H10N4O2. The van der Waals surface area contributed by atoms with Crippen LogP contribution in [0.5, 0.6) is 0 Å². The quantitative estimate of drug-likeness (QED) is 0.762. The van der Waals surface area contributed by atoms with Crippen LogP contribution in [0.25, 0.3) is 10.9 Å². The van der Waals surface area contributed by atoms with Gasteiger partial charge in [0.25, 0.3) is 0 Å². The molecule has 6 heteroatoms. The molecule has 2 rings (SSSR count). The van der Waals surface area contributed by atoms with E-state index < -0.39 is 5.97 Å². The van der Waals surface area contributed by atoms with Gasteiger partial charge >= 0.3 is 5.97 Å². The number of nitrogens with zero attached hydrogens (tertiary/aromatic N) is 3. The first-order valence-corrected chi connectivity index (χ1v) is 4.41. The number of aliphatic carboxylic acids is 1. The van der Waals surface area contributed by atoms with Gasteiger partial charge in [0, 0.05) is 13.2 Å². The number of anilines is 1. The van der Waals surface area contributed by atoms with Crippen LogP contribution in [0.15, 0.2) is 18.5 Å². The molecule has 0 aliphatic heterocycles. The SMILES string of the molecule is Cn1ncc2c(NCC(=O)O)nccc21. The minimum Gasteiger partial charge on any atom is -0.480 e. The maximum atomic E-state index is 10.4. The van der Waals surface area contributed by atoms with Gasteiger partial charge < -0.3 is 10.4 Å². The Kier molecular flexibility index (Phi) is 2.24. The van der Waals surface area contributed by atoms with Crippen LogP contribution in [0.1, 0.15) is 0 Å². The van der Waals surface area contributed by atoms with Gasteiger partial charge in [-0.1, -0.05) is 0 Å². The lowest BCUT2D eigenvalue weighted by atomic mass is 10.3. The minimum atomic E-state index is -0.919. The second-order valence-corrected chi connectivity index (χ2v) is 3.11. The summed E-state index contributed by atoms with van der Waals surface area (Å²) in [5.41, 5.74) is 0.915. The average molecular weight is 206 g/mol. The van der Waals surface area contributed by atoms with Crippen LogP contribution >= 0.6 is 0 Å². The number of rotatable bonds is 3. The zero-order chi connectivity index (χ0) is 10.8. The summed E-state index contributed by atoms with van der Waals surface area (Å²) in [6.07, 6.45) is 3.28. The first kappa shape index (κ1) is 9.45. The third-order valence-electron chi connectivity index (χ3n) is 2.08. The third-order valence-corrected chi connectivity index (χ3v) is 2.08. The molecule has 0 saturated heterocycles. The number of nitrogens with one attached hydrogen (secondary N) is 1. The van der Waals surface area contributed by atoms with E-state index in [2.05, 4.69) is 15.4 Å². The van der Waals surface area contributed by atoms with Gasteiger partial charge in [0.2, 0.25) is 0 Å². The van der Waals surface area contributed by atoms with E-state index in [0.717, 1.165) is 10.9 Å². The molecule has 0 aliphatic rings. The number of hydrogen-bond acceptors (Lipinski definition) is 4. The Morgan fingerprint density at radius 1 is 1.67 bits per heavy atom. The van der Waals surface area contributed by atoms with Crippen LogP contribution in [0.4, 0.5) is 5.82 Å². The molecule has 2 heterocycles. The van der Waals surface area contributed by atoms with Gasteiger partial charge in [0.15, 0.2) is 0 Å². The van der Waals surface area contributed by atoms with Crippen molar-refractivity contribution in [2.75, 3.05) is 11.9 Å². The highest BCUT2D eigenvalue weighted by atomic mass is 16.4.